The van der Waals surface area contributed by atoms with Gasteiger partial charge in [0.15, 0.2) is 15.7 Å². The quantitative estimate of drug-likeness (QED) is 0.558. The first-order valence-electron chi connectivity index (χ1n) is 8.63. The van der Waals surface area contributed by atoms with Crippen molar-refractivity contribution in [3.63, 3.8) is 0 Å². The zero-order valence-corrected chi connectivity index (χ0v) is 17.5. The van der Waals surface area contributed by atoms with Crippen LogP contribution in [-0.2, 0) is 33.4 Å². The largest absolute Gasteiger partial charge is 0.352 e. The predicted octanol–water partition coefficient (Wildman–Crippen LogP) is 3.60. The fourth-order valence-electron chi connectivity index (χ4n) is 2.49. The normalized spacial score (nSPS) is 11.4. The number of amides is 1. The molecule has 0 radical (unpaired) electrons. The first-order chi connectivity index (χ1) is 13.8. The van der Waals surface area contributed by atoms with Gasteiger partial charge >= 0.3 is 0 Å². The number of hydrogen-bond acceptors (Lipinski definition) is 6. The van der Waals surface area contributed by atoms with Crippen LogP contribution in [0.15, 0.2) is 57.9 Å². The fourth-order valence-corrected chi connectivity index (χ4v) is 3.99. The molecule has 0 unspecified atom stereocenters. The Balaban J connectivity index is 1.51. The number of carbonyl (C=O) groups excluding carboxylic acids is 1. The zero-order valence-electron chi connectivity index (χ0n) is 15.1. The molecule has 10 heteroatoms. The number of halogens is 2. The molecule has 1 heterocycles. The Kier molecular flexibility index (Phi) is 6.89. The molecule has 3 aromatic rings. The van der Waals surface area contributed by atoms with E-state index in [2.05, 4.69) is 15.5 Å². The number of rotatable bonds is 8. The molecule has 0 aliphatic rings. The van der Waals surface area contributed by atoms with Gasteiger partial charge in [0.1, 0.15) is 5.75 Å². The molecule has 29 heavy (non-hydrogen) atoms. The Labute approximate surface area is 177 Å². The third-order valence-electron chi connectivity index (χ3n) is 4.00. The topological polar surface area (TPSA) is 102 Å². The molecule has 2 aromatic carbocycles. The van der Waals surface area contributed by atoms with Crippen LogP contribution in [0.5, 0.6) is 0 Å². The summed E-state index contributed by atoms with van der Waals surface area (Å²) in [5, 5.41) is 7.47. The lowest BCUT2D eigenvalue weighted by atomic mass is 10.2. The van der Waals surface area contributed by atoms with Crippen molar-refractivity contribution >= 4 is 38.9 Å². The standard InChI is InChI=1S/C19H17Cl2N3O4S/c20-14-5-7-15(8-6-14)29(26,27)12-17-23-19(28-24-17)10-9-18(25)22-11-13-3-1-2-4-16(13)21/h1-8H,9-12H2,(H,22,25). The second kappa shape index (κ2) is 9.39. The van der Waals surface area contributed by atoms with Gasteiger partial charge in [-0.3, -0.25) is 4.79 Å². The number of aromatic nitrogens is 2. The molecule has 0 bridgehead atoms. The van der Waals surface area contributed by atoms with Crippen molar-refractivity contribution in [2.75, 3.05) is 0 Å². The monoisotopic (exact) mass is 453 g/mol. The fraction of sp³-hybridized carbons (Fsp3) is 0.211. The molecule has 0 spiro atoms. The van der Waals surface area contributed by atoms with E-state index in [4.69, 9.17) is 27.7 Å². The summed E-state index contributed by atoms with van der Waals surface area (Å²) in [4.78, 5) is 16.2. The molecule has 0 fully saturated rings. The van der Waals surface area contributed by atoms with Crippen LogP contribution >= 0.6 is 23.2 Å². The maximum absolute atomic E-state index is 12.4. The predicted molar refractivity (Wildman–Crippen MR) is 108 cm³/mol. The molecule has 0 aliphatic carbocycles. The summed E-state index contributed by atoms with van der Waals surface area (Å²) in [7, 11) is -3.63. The van der Waals surface area contributed by atoms with Crippen LogP contribution in [-0.4, -0.2) is 24.5 Å². The summed E-state index contributed by atoms with van der Waals surface area (Å²) in [6.45, 7) is 0.312. The van der Waals surface area contributed by atoms with Gasteiger partial charge in [-0.05, 0) is 35.9 Å². The third-order valence-corrected chi connectivity index (χ3v) is 6.25. The maximum Gasteiger partial charge on any atom is 0.227 e. The van der Waals surface area contributed by atoms with Gasteiger partial charge in [-0.15, -0.1) is 0 Å². The van der Waals surface area contributed by atoms with Gasteiger partial charge < -0.3 is 9.84 Å². The first-order valence-corrected chi connectivity index (χ1v) is 11.0. The minimum absolute atomic E-state index is 0.0337. The minimum Gasteiger partial charge on any atom is -0.352 e. The van der Waals surface area contributed by atoms with Crippen LogP contribution in [0.1, 0.15) is 23.7 Å². The Hall–Kier alpha value is -2.42. The summed E-state index contributed by atoms with van der Waals surface area (Å²) in [5.74, 6) is -0.388. The molecule has 152 valence electrons. The van der Waals surface area contributed by atoms with Crippen molar-refractivity contribution < 1.29 is 17.7 Å². The summed E-state index contributed by atoms with van der Waals surface area (Å²) >= 11 is 11.8. The summed E-state index contributed by atoms with van der Waals surface area (Å²) in [6, 6.07) is 13.1. The van der Waals surface area contributed by atoms with E-state index in [-0.39, 0.29) is 35.4 Å². The number of sulfone groups is 1. The lowest BCUT2D eigenvalue weighted by Crippen LogP contribution is -2.23. The van der Waals surface area contributed by atoms with Crippen LogP contribution in [0, 0.1) is 0 Å². The number of hydrogen-bond donors (Lipinski definition) is 1. The SMILES string of the molecule is O=C(CCc1nc(CS(=O)(=O)c2ccc(Cl)cc2)no1)NCc1ccccc1Cl. The van der Waals surface area contributed by atoms with E-state index in [1.54, 1.807) is 6.07 Å². The molecule has 7 nitrogen and oxygen atoms in total. The van der Waals surface area contributed by atoms with Crippen molar-refractivity contribution in [2.24, 2.45) is 0 Å². The highest BCUT2D eigenvalue weighted by Crippen LogP contribution is 2.18. The molecule has 1 aromatic heterocycles. The van der Waals surface area contributed by atoms with Crippen LogP contribution in [0.2, 0.25) is 10.0 Å². The van der Waals surface area contributed by atoms with Gasteiger partial charge in [-0.2, -0.15) is 4.98 Å². The van der Waals surface area contributed by atoms with Crippen molar-refractivity contribution in [2.45, 2.75) is 30.0 Å². The lowest BCUT2D eigenvalue weighted by molar-refractivity contribution is -0.121. The second-order valence-electron chi connectivity index (χ2n) is 6.19. The lowest BCUT2D eigenvalue weighted by Gasteiger charge is -2.05. The van der Waals surface area contributed by atoms with Crippen LogP contribution in [0.3, 0.4) is 0 Å². The highest BCUT2D eigenvalue weighted by atomic mass is 35.5. The van der Waals surface area contributed by atoms with E-state index in [9.17, 15) is 13.2 Å². The Morgan fingerprint density at radius 2 is 1.79 bits per heavy atom. The van der Waals surface area contributed by atoms with Crippen LogP contribution in [0.4, 0.5) is 0 Å². The first kappa shape index (κ1) is 21.3. The van der Waals surface area contributed by atoms with E-state index >= 15 is 0 Å². The number of nitrogens with one attached hydrogen (secondary N) is 1. The molecule has 1 N–H and O–H groups in total. The summed E-state index contributed by atoms with van der Waals surface area (Å²) in [6.07, 6.45) is 0.318. The van der Waals surface area contributed by atoms with E-state index in [0.29, 0.717) is 16.6 Å². The average Bonchev–Trinajstić information content (AvgIpc) is 3.12. The highest BCUT2D eigenvalue weighted by molar-refractivity contribution is 7.90. The molecular weight excluding hydrogens is 437 g/mol. The number of carbonyl (C=O) groups is 1. The van der Waals surface area contributed by atoms with Crippen molar-refractivity contribution in [1.82, 2.24) is 15.5 Å². The van der Waals surface area contributed by atoms with Crippen molar-refractivity contribution in [1.29, 1.82) is 0 Å². The Bertz CT molecular complexity index is 1100. The van der Waals surface area contributed by atoms with E-state index in [0.717, 1.165) is 5.56 Å². The smallest absolute Gasteiger partial charge is 0.227 e. The summed E-state index contributed by atoms with van der Waals surface area (Å²) in [5.41, 5.74) is 0.815. The second-order valence-corrected chi connectivity index (χ2v) is 9.02. The number of nitrogens with zero attached hydrogens (tertiary/aromatic N) is 2. The van der Waals surface area contributed by atoms with E-state index in [1.807, 2.05) is 18.2 Å². The van der Waals surface area contributed by atoms with E-state index < -0.39 is 15.6 Å². The molecular formula is C19H17Cl2N3O4S. The van der Waals surface area contributed by atoms with Gasteiger partial charge in [0.2, 0.25) is 11.8 Å². The van der Waals surface area contributed by atoms with Crippen molar-refractivity contribution in [3.8, 4) is 0 Å². The zero-order chi connectivity index (χ0) is 20.9. The maximum atomic E-state index is 12.4. The average molecular weight is 454 g/mol. The highest BCUT2D eigenvalue weighted by Gasteiger charge is 2.19. The Morgan fingerprint density at radius 1 is 1.07 bits per heavy atom. The third kappa shape index (κ3) is 6.03. The Morgan fingerprint density at radius 3 is 2.52 bits per heavy atom. The molecule has 3 rings (SSSR count). The molecule has 0 aliphatic heterocycles. The number of aryl methyl sites for hydroxylation is 1. The number of benzene rings is 2. The van der Waals surface area contributed by atoms with Crippen molar-refractivity contribution in [3.05, 3.63) is 75.9 Å². The van der Waals surface area contributed by atoms with Crippen LogP contribution < -0.4 is 5.32 Å². The summed E-state index contributed by atoms with van der Waals surface area (Å²) < 4.78 is 29.8. The van der Waals surface area contributed by atoms with E-state index in [1.165, 1.54) is 24.3 Å². The van der Waals surface area contributed by atoms with Gasteiger partial charge in [0.25, 0.3) is 0 Å². The van der Waals surface area contributed by atoms with Gasteiger partial charge in [0.05, 0.1) is 4.90 Å². The molecule has 0 saturated carbocycles. The molecule has 1 amide bonds. The molecule has 0 saturated heterocycles. The van der Waals surface area contributed by atoms with Gasteiger partial charge in [-0.25, -0.2) is 8.42 Å². The minimum atomic E-state index is -3.63. The molecule has 0 atom stereocenters. The van der Waals surface area contributed by atoms with Gasteiger partial charge in [0, 0.05) is 29.4 Å². The van der Waals surface area contributed by atoms with Crippen LogP contribution in [0.25, 0.3) is 0 Å². The van der Waals surface area contributed by atoms with Gasteiger partial charge in [-0.1, -0.05) is 46.6 Å².